The van der Waals surface area contributed by atoms with Crippen molar-refractivity contribution in [2.75, 3.05) is 19.8 Å². The maximum absolute atomic E-state index is 14.9. The van der Waals surface area contributed by atoms with Gasteiger partial charge < -0.3 is 29.7 Å². The average molecular weight is 812 g/mol. The maximum Gasteiger partial charge on any atom is 0.408 e. The first-order valence-electron chi connectivity index (χ1n) is 20.1. The molecule has 57 heavy (non-hydrogen) atoms. The highest BCUT2D eigenvalue weighted by Crippen LogP contribution is 2.48. The topological polar surface area (TPSA) is 182 Å². The minimum Gasteiger partial charge on any atom is -0.477 e. The molecule has 3 N–H and O–H groups in total. The number of pyridine rings is 1. The largest absolute Gasteiger partial charge is 0.477 e. The molecule has 4 heterocycles. The van der Waals surface area contributed by atoms with Crippen LogP contribution in [0, 0.1) is 17.8 Å². The predicted octanol–water partition coefficient (Wildman–Crippen LogP) is 4.64. The third-order valence-electron chi connectivity index (χ3n) is 12.0. The van der Waals surface area contributed by atoms with Gasteiger partial charge in [-0.25, -0.2) is 17.6 Å². The zero-order valence-electron chi connectivity index (χ0n) is 33.3. The number of amides is 4. The standard InChI is InChI=1S/C41H54FN5O9S/c1-24-11-6-7-12-26-21-41(26,37(50)46-57(52,53)40(23-42)16-17-40)45-33(48)31-20-27(22-47(31)36(49)32(25(2)19-24)43-38(51)56-39(3,4)5)55-35-30-14-9-8-13-28(30)29-15-10-18-54-34(29)44-35/h7-9,12-14,24-27,31-32H,6,10-11,15-23H2,1-5H3,(H,43,51)(H,45,48)(H,46,50)/b12-7-/t24-,25+,26+,27+,31-,32-,41+/m0/s1. The van der Waals surface area contributed by atoms with Gasteiger partial charge in [0.1, 0.15) is 40.7 Å². The van der Waals surface area contributed by atoms with Crippen molar-refractivity contribution in [2.24, 2.45) is 17.8 Å². The fourth-order valence-electron chi connectivity index (χ4n) is 8.48. The number of hydrogen-bond acceptors (Lipinski definition) is 10. The minimum absolute atomic E-state index is 0.00305. The number of carbonyl (C=O) groups excluding carboxylic acids is 4. The smallest absolute Gasteiger partial charge is 0.408 e. The van der Waals surface area contributed by atoms with E-state index in [2.05, 4.69) is 22.3 Å². The number of alkyl carbamates (subject to hydrolysis) is 1. The Balaban J connectivity index is 1.24. The summed E-state index contributed by atoms with van der Waals surface area (Å²) in [4.78, 5) is 62.7. The predicted molar refractivity (Wildman–Crippen MR) is 209 cm³/mol. The number of aromatic nitrogens is 1. The lowest BCUT2D eigenvalue weighted by Gasteiger charge is -2.33. The molecule has 5 aliphatic rings. The second-order valence-corrected chi connectivity index (χ2v) is 19.7. The van der Waals surface area contributed by atoms with Crippen molar-refractivity contribution in [1.29, 1.82) is 0 Å². The molecule has 16 heteroatoms. The Morgan fingerprint density at radius 2 is 1.86 bits per heavy atom. The van der Waals surface area contributed by atoms with Crippen molar-refractivity contribution in [3.63, 3.8) is 0 Å². The molecule has 0 unspecified atom stereocenters. The SMILES string of the molecule is C[C@H]1CC/C=C\[C@@H]2C[C@@]2(C(=O)NS(=O)(=O)C2(CF)CC2)NC(=O)[C@@H]2C[C@@H](Oc3nc4c(c5ccccc35)CCCO4)CN2C(=O)[C@@H](NC(=O)OC(C)(C)C)[C@H](C)C1. The number of aryl methyl sites for hydroxylation is 1. The van der Waals surface area contributed by atoms with Crippen LogP contribution in [0.4, 0.5) is 9.18 Å². The zero-order chi connectivity index (χ0) is 40.9. The number of allylic oxidation sites excluding steroid dienone is 1. The van der Waals surface area contributed by atoms with Crippen molar-refractivity contribution in [3.8, 4) is 11.8 Å². The molecule has 4 amide bonds. The maximum atomic E-state index is 14.9. The summed E-state index contributed by atoms with van der Waals surface area (Å²) >= 11 is 0. The number of alkyl halides is 1. The summed E-state index contributed by atoms with van der Waals surface area (Å²) in [5, 5.41) is 7.33. The Morgan fingerprint density at radius 3 is 2.56 bits per heavy atom. The number of halogens is 1. The van der Waals surface area contributed by atoms with E-state index in [-0.39, 0.29) is 49.9 Å². The van der Waals surface area contributed by atoms with E-state index in [1.165, 1.54) is 4.90 Å². The van der Waals surface area contributed by atoms with Crippen molar-refractivity contribution in [3.05, 3.63) is 42.0 Å². The van der Waals surface area contributed by atoms with Gasteiger partial charge in [-0.1, -0.05) is 44.2 Å². The summed E-state index contributed by atoms with van der Waals surface area (Å²) in [5.41, 5.74) is -1.51. The van der Waals surface area contributed by atoms with Gasteiger partial charge in [0, 0.05) is 23.3 Å². The van der Waals surface area contributed by atoms with E-state index < -0.39 is 80.5 Å². The van der Waals surface area contributed by atoms with Crippen LogP contribution in [0.15, 0.2) is 36.4 Å². The second-order valence-electron chi connectivity index (χ2n) is 17.7. The highest BCUT2D eigenvalue weighted by molar-refractivity contribution is 7.91. The Labute approximate surface area is 333 Å². The molecule has 1 aromatic heterocycles. The van der Waals surface area contributed by atoms with Crippen molar-refractivity contribution >= 4 is 44.6 Å². The van der Waals surface area contributed by atoms with Crippen LogP contribution < -0.4 is 24.8 Å². The number of rotatable bonds is 7. The molecule has 2 aliphatic carbocycles. The lowest BCUT2D eigenvalue weighted by molar-refractivity contribution is -0.142. The Morgan fingerprint density at radius 1 is 1.12 bits per heavy atom. The van der Waals surface area contributed by atoms with E-state index in [4.69, 9.17) is 19.2 Å². The van der Waals surface area contributed by atoms with E-state index in [0.29, 0.717) is 25.3 Å². The molecule has 0 bridgehead atoms. The lowest BCUT2D eigenvalue weighted by Crippen LogP contribution is -2.59. The van der Waals surface area contributed by atoms with Crippen LogP contribution in [0.1, 0.15) is 91.5 Å². The summed E-state index contributed by atoms with van der Waals surface area (Å²) in [7, 11) is -4.39. The lowest BCUT2D eigenvalue weighted by atomic mass is 9.88. The number of benzene rings is 1. The van der Waals surface area contributed by atoms with Crippen LogP contribution in [0.25, 0.3) is 10.8 Å². The molecule has 1 saturated heterocycles. The molecule has 0 radical (unpaired) electrons. The molecule has 310 valence electrons. The summed E-state index contributed by atoms with van der Waals surface area (Å²) in [6, 6.07) is 5.41. The van der Waals surface area contributed by atoms with Gasteiger partial charge >= 0.3 is 6.09 Å². The Hall–Kier alpha value is -4.47. The molecule has 3 fully saturated rings. The number of sulfonamides is 1. The van der Waals surface area contributed by atoms with Crippen LogP contribution in [0.3, 0.4) is 0 Å². The van der Waals surface area contributed by atoms with Crippen LogP contribution in [0.2, 0.25) is 0 Å². The third kappa shape index (κ3) is 8.28. The fraction of sp³-hybridized carbons (Fsp3) is 0.634. The molecule has 2 saturated carbocycles. The summed E-state index contributed by atoms with van der Waals surface area (Å²) < 4.78 is 58.8. The summed E-state index contributed by atoms with van der Waals surface area (Å²) in [5.74, 6) is -2.21. The van der Waals surface area contributed by atoms with Crippen molar-refractivity contribution in [2.45, 2.75) is 126 Å². The van der Waals surface area contributed by atoms with E-state index in [1.807, 2.05) is 43.3 Å². The molecule has 7 atom stereocenters. The van der Waals surface area contributed by atoms with E-state index in [9.17, 15) is 32.0 Å². The monoisotopic (exact) mass is 811 g/mol. The minimum atomic E-state index is -4.39. The first-order valence-corrected chi connectivity index (χ1v) is 21.6. The molecule has 1 aromatic carbocycles. The molecule has 14 nitrogen and oxygen atoms in total. The van der Waals surface area contributed by atoms with E-state index in [0.717, 1.165) is 35.6 Å². The van der Waals surface area contributed by atoms with Gasteiger partial charge in [-0.2, -0.15) is 4.98 Å². The summed E-state index contributed by atoms with van der Waals surface area (Å²) in [6.07, 6.45) is 6.05. The molecule has 7 rings (SSSR count). The third-order valence-corrected chi connectivity index (χ3v) is 14.1. The quantitative estimate of drug-likeness (QED) is 0.334. The van der Waals surface area contributed by atoms with Gasteiger partial charge in [-0.3, -0.25) is 19.1 Å². The Kier molecular flexibility index (Phi) is 11.0. The summed E-state index contributed by atoms with van der Waals surface area (Å²) in [6.45, 7) is 8.43. The van der Waals surface area contributed by atoms with Gasteiger partial charge in [0.05, 0.1) is 13.2 Å². The highest BCUT2D eigenvalue weighted by Gasteiger charge is 2.64. The molecule has 2 aromatic rings. The van der Waals surface area contributed by atoms with Crippen LogP contribution in [-0.2, 0) is 35.6 Å². The van der Waals surface area contributed by atoms with Gasteiger partial charge in [-0.05, 0) is 95.4 Å². The molecular formula is C41H54FN5O9S. The molecule has 0 spiro atoms. The number of hydrogen-bond donors (Lipinski definition) is 3. The van der Waals surface area contributed by atoms with Gasteiger partial charge in [0.15, 0.2) is 0 Å². The van der Waals surface area contributed by atoms with Crippen LogP contribution in [0.5, 0.6) is 11.8 Å². The van der Waals surface area contributed by atoms with Gasteiger partial charge in [0.2, 0.25) is 33.6 Å². The van der Waals surface area contributed by atoms with Gasteiger partial charge in [-0.15, -0.1) is 0 Å². The van der Waals surface area contributed by atoms with Crippen molar-refractivity contribution in [1.82, 2.24) is 25.2 Å². The van der Waals surface area contributed by atoms with Gasteiger partial charge in [0.25, 0.3) is 5.91 Å². The number of nitrogens with zero attached hydrogens (tertiary/aromatic N) is 2. The zero-order valence-corrected chi connectivity index (χ0v) is 34.1. The fourth-order valence-corrected chi connectivity index (χ4v) is 9.91. The molecule has 3 aliphatic heterocycles. The first kappa shape index (κ1) is 40.7. The number of ether oxygens (including phenoxy) is 3. The van der Waals surface area contributed by atoms with Crippen molar-refractivity contribution < 1.29 is 46.2 Å². The first-order chi connectivity index (χ1) is 27.0. The normalized spacial score (nSPS) is 30.5. The highest BCUT2D eigenvalue weighted by atomic mass is 32.2. The van der Waals surface area contributed by atoms with Crippen LogP contribution in [-0.4, -0.2) is 96.0 Å². The molecular weight excluding hydrogens is 758 g/mol. The Bertz CT molecular complexity index is 2070. The van der Waals surface area contributed by atoms with Crippen LogP contribution >= 0.6 is 0 Å². The van der Waals surface area contributed by atoms with E-state index >= 15 is 0 Å². The number of nitrogens with one attached hydrogen (secondary N) is 3. The average Bonchev–Trinajstić information content (AvgIpc) is 4.06. The second kappa shape index (κ2) is 15.4. The van der Waals surface area contributed by atoms with E-state index in [1.54, 1.807) is 20.8 Å². The number of fused-ring (bicyclic) bond motifs is 5. The number of carbonyl (C=O) groups is 4.